The second-order valence-corrected chi connectivity index (χ2v) is 5.74. The first kappa shape index (κ1) is 12.5. The maximum absolute atomic E-state index is 11.5. The Labute approximate surface area is 115 Å². The number of carboxylic acids is 1. The average molecular weight is 279 g/mol. The van der Waals surface area contributed by atoms with Gasteiger partial charge in [0.25, 0.3) is 0 Å². The zero-order valence-corrected chi connectivity index (χ0v) is 11.7. The van der Waals surface area contributed by atoms with Crippen LogP contribution in [-0.2, 0) is 0 Å². The first-order valence-corrected chi connectivity index (χ1v) is 7.55. The molecule has 0 atom stereocenters. The van der Waals surface area contributed by atoms with Gasteiger partial charge in [-0.2, -0.15) is 0 Å². The van der Waals surface area contributed by atoms with Crippen LogP contribution in [0.2, 0.25) is 0 Å². The summed E-state index contributed by atoms with van der Waals surface area (Å²) in [5.41, 5.74) is 0.296. The second kappa shape index (κ2) is 4.85. The molecule has 19 heavy (non-hydrogen) atoms. The number of aromatic carboxylic acids is 1. The van der Waals surface area contributed by atoms with Gasteiger partial charge in [0.15, 0.2) is 16.5 Å². The third kappa shape index (κ3) is 2.00. The fourth-order valence-electron chi connectivity index (χ4n) is 2.97. The van der Waals surface area contributed by atoms with Gasteiger partial charge in [-0.25, -0.2) is 9.78 Å². The van der Waals surface area contributed by atoms with Gasteiger partial charge in [0, 0.05) is 24.2 Å². The maximum Gasteiger partial charge on any atom is 0.356 e. The zero-order valence-electron chi connectivity index (χ0n) is 10.9. The van der Waals surface area contributed by atoms with E-state index in [0.29, 0.717) is 17.6 Å². The molecule has 2 aromatic rings. The number of aromatic nitrogens is 2. The van der Waals surface area contributed by atoms with Crippen LogP contribution in [0.3, 0.4) is 0 Å². The summed E-state index contributed by atoms with van der Waals surface area (Å²) in [5.74, 6) is -0.272. The van der Waals surface area contributed by atoms with Crippen molar-refractivity contribution < 1.29 is 9.90 Å². The minimum Gasteiger partial charge on any atom is -0.476 e. The third-order valence-corrected chi connectivity index (χ3v) is 4.58. The van der Waals surface area contributed by atoms with Gasteiger partial charge in [-0.3, -0.25) is 4.40 Å². The summed E-state index contributed by atoms with van der Waals surface area (Å²) in [7, 11) is 0. The van der Waals surface area contributed by atoms with Crippen LogP contribution in [0.5, 0.6) is 0 Å². The summed E-state index contributed by atoms with van der Waals surface area (Å²) in [5, 5.41) is 11.3. The molecule has 0 unspecified atom stereocenters. The van der Waals surface area contributed by atoms with Gasteiger partial charge in [0.2, 0.25) is 0 Å². The van der Waals surface area contributed by atoms with Crippen LogP contribution in [-0.4, -0.2) is 33.0 Å². The molecule has 2 aromatic heterocycles. The predicted molar refractivity (Wildman–Crippen MR) is 75.3 cm³/mol. The lowest BCUT2D eigenvalue weighted by Gasteiger charge is -2.28. The zero-order chi connectivity index (χ0) is 13.4. The first-order chi connectivity index (χ1) is 9.22. The van der Waals surface area contributed by atoms with Crippen LogP contribution < -0.4 is 4.90 Å². The van der Waals surface area contributed by atoms with E-state index in [9.17, 15) is 9.90 Å². The number of hydrogen-bond donors (Lipinski definition) is 1. The van der Waals surface area contributed by atoms with Crippen molar-refractivity contribution in [1.29, 1.82) is 0 Å². The molecule has 0 spiro atoms. The minimum absolute atomic E-state index is 0.296. The number of carbonyl (C=O) groups is 1. The van der Waals surface area contributed by atoms with E-state index in [-0.39, 0.29) is 0 Å². The lowest BCUT2D eigenvalue weighted by atomic mass is 10.2. The van der Waals surface area contributed by atoms with Crippen LogP contribution in [0.4, 0.5) is 5.82 Å². The monoisotopic (exact) mass is 279 g/mol. The highest BCUT2D eigenvalue weighted by Crippen LogP contribution is 2.31. The molecule has 0 bridgehead atoms. The van der Waals surface area contributed by atoms with Crippen molar-refractivity contribution in [3.05, 3.63) is 17.3 Å². The van der Waals surface area contributed by atoms with Crippen molar-refractivity contribution in [3.8, 4) is 0 Å². The van der Waals surface area contributed by atoms with Crippen LogP contribution in [0.25, 0.3) is 4.96 Å². The van der Waals surface area contributed by atoms with Gasteiger partial charge in [0.1, 0.15) is 0 Å². The molecular weight excluding hydrogens is 262 g/mol. The van der Waals surface area contributed by atoms with E-state index >= 15 is 0 Å². The Balaban J connectivity index is 2.08. The Kier molecular flexibility index (Phi) is 3.18. The van der Waals surface area contributed by atoms with Gasteiger partial charge in [-0.1, -0.05) is 12.8 Å². The summed E-state index contributed by atoms with van der Waals surface area (Å²) in [6.45, 7) is 2.87. The van der Waals surface area contributed by atoms with Crippen molar-refractivity contribution in [3.63, 3.8) is 0 Å². The van der Waals surface area contributed by atoms with Crippen molar-refractivity contribution in [2.75, 3.05) is 11.4 Å². The highest BCUT2D eigenvalue weighted by Gasteiger charge is 2.29. The molecule has 0 aliphatic heterocycles. The van der Waals surface area contributed by atoms with Crippen LogP contribution >= 0.6 is 11.3 Å². The fraction of sp³-hybridized carbons (Fsp3) is 0.538. The molecule has 6 heteroatoms. The molecule has 0 saturated heterocycles. The highest BCUT2D eigenvalue weighted by molar-refractivity contribution is 7.15. The molecule has 1 aliphatic carbocycles. The van der Waals surface area contributed by atoms with Crippen molar-refractivity contribution in [1.82, 2.24) is 9.38 Å². The van der Waals surface area contributed by atoms with E-state index in [1.165, 1.54) is 24.2 Å². The molecule has 0 radical (unpaired) electrons. The Hall–Kier alpha value is -1.56. The van der Waals surface area contributed by atoms with Crippen LogP contribution in [0.15, 0.2) is 11.6 Å². The molecule has 0 aromatic carbocycles. The van der Waals surface area contributed by atoms with Gasteiger partial charge < -0.3 is 10.0 Å². The Morgan fingerprint density at radius 2 is 2.32 bits per heavy atom. The van der Waals surface area contributed by atoms with E-state index in [1.54, 1.807) is 10.6 Å². The maximum atomic E-state index is 11.5. The molecule has 3 rings (SSSR count). The fourth-order valence-corrected chi connectivity index (χ4v) is 3.68. The largest absolute Gasteiger partial charge is 0.476 e. The number of hydrogen-bond acceptors (Lipinski definition) is 4. The molecule has 102 valence electrons. The molecule has 1 aliphatic rings. The topological polar surface area (TPSA) is 57.8 Å². The van der Waals surface area contributed by atoms with Crippen molar-refractivity contribution >= 4 is 28.1 Å². The normalized spacial score (nSPS) is 16.3. The van der Waals surface area contributed by atoms with Crippen molar-refractivity contribution in [2.24, 2.45) is 0 Å². The first-order valence-electron chi connectivity index (χ1n) is 6.68. The van der Waals surface area contributed by atoms with E-state index in [4.69, 9.17) is 0 Å². The summed E-state index contributed by atoms with van der Waals surface area (Å²) in [4.78, 5) is 19.0. The lowest BCUT2D eigenvalue weighted by Crippen LogP contribution is -2.34. The third-order valence-electron chi connectivity index (χ3n) is 3.82. The quantitative estimate of drug-likeness (QED) is 0.935. The smallest absolute Gasteiger partial charge is 0.356 e. The molecule has 2 heterocycles. The minimum atomic E-state index is -0.905. The van der Waals surface area contributed by atoms with E-state index in [2.05, 4.69) is 16.8 Å². The second-order valence-electron chi connectivity index (χ2n) is 4.87. The summed E-state index contributed by atoms with van der Waals surface area (Å²) >= 11 is 1.47. The highest BCUT2D eigenvalue weighted by atomic mass is 32.1. The van der Waals surface area contributed by atoms with Gasteiger partial charge in [0.05, 0.1) is 0 Å². The SMILES string of the molecule is CCN(c1nc2sccn2c1C(=O)O)C1CCCC1. The number of imidazole rings is 1. The molecule has 5 nitrogen and oxygen atoms in total. The number of nitrogens with zero attached hydrogens (tertiary/aromatic N) is 3. The van der Waals surface area contributed by atoms with Crippen molar-refractivity contribution in [2.45, 2.75) is 38.6 Å². The number of carboxylic acid groups (broad SMARTS) is 1. The van der Waals surface area contributed by atoms with Gasteiger partial charge in [-0.05, 0) is 19.8 Å². The van der Waals surface area contributed by atoms with Crippen LogP contribution in [0, 0.1) is 0 Å². The number of rotatable bonds is 4. The summed E-state index contributed by atoms with van der Waals surface area (Å²) in [6, 6.07) is 0.438. The van der Waals surface area contributed by atoms with E-state index in [0.717, 1.165) is 24.3 Å². The number of thiazole rings is 1. The summed E-state index contributed by atoms with van der Waals surface area (Å²) in [6.07, 6.45) is 6.51. The standard InChI is InChI=1S/C13H17N3O2S/c1-2-15(9-5-3-4-6-9)11-10(12(17)18)16-7-8-19-13(16)14-11/h7-9H,2-6H2,1H3,(H,17,18). The van der Waals surface area contributed by atoms with E-state index < -0.39 is 5.97 Å². The molecule has 1 fully saturated rings. The van der Waals surface area contributed by atoms with Crippen LogP contribution in [0.1, 0.15) is 43.1 Å². The Morgan fingerprint density at radius 1 is 1.58 bits per heavy atom. The number of fused-ring (bicyclic) bond motifs is 1. The predicted octanol–water partition coefficient (Wildman–Crippen LogP) is 2.86. The average Bonchev–Trinajstić information content (AvgIpc) is 3.03. The summed E-state index contributed by atoms with van der Waals surface area (Å²) < 4.78 is 1.68. The Morgan fingerprint density at radius 3 is 2.95 bits per heavy atom. The molecular formula is C13H17N3O2S. The number of anilines is 1. The van der Waals surface area contributed by atoms with Gasteiger partial charge in [-0.15, -0.1) is 11.3 Å². The van der Waals surface area contributed by atoms with E-state index in [1.807, 2.05) is 5.38 Å². The van der Waals surface area contributed by atoms with Gasteiger partial charge >= 0.3 is 5.97 Å². The molecule has 1 N–H and O–H groups in total. The molecule has 1 saturated carbocycles. The Bertz CT molecular complexity index is 598. The lowest BCUT2D eigenvalue weighted by molar-refractivity contribution is 0.0690. The molecule has 0 amide bonds.